The minimum absolute atomic E-state index is 0. The molecule has 0 unspecified atom stereocenters. The van der Waals surface area contributed by atoms with Crippen molar-refractivity contribution < 1.29 is 37.1 Å². The van der Waals surface area contributed by atoms with E-state index in [2.05, 4.69) is 18.6 Å². The van der Waals surface area contributed by atoms with Gasteiger partial charge in [0.05, 0.1) is 0 Å². The zero-order chi connectivity index (χ0) is 13.1. The van der Waals surface area contributed by atoms with Crippen molar-refractivity contribution >= 4 is 5.70 Å². The van der Waals surface area contributed by atoms with Crippen LogP contribution < -0.4 is 0 Å². The standard InChI is InChI=1S/C16H13FN.Y/c1-4-13-8-11-16(18(5-2)12(13)3)14-6-9-15(17)10-7-14;/h1,6-10H,3,5H2,2H3;/q-1;. The topological polar surface area (TPSA) is 3.24 Å². The molecule has 93 valence electrons. The van der Waals surface area contributed by atoms with Crippen molar-refractivity contribution in [3.63, 3.8) is 0 Å². The number of benzene rings is 1. The Balaban J connectivity index is 0.00000180. The maximum atomic E-state index is 12.9. The second-order valence-corrected chi connectivity index (χ2v) is 3.89. The van der Waals surface area contributed by atoms with E-state index in [0.29, 0.717) is 0 Å². The minimum atomic E-state index is -0.253. The number of allylic oxidation sites excluding steroid dienone is 3. The molecule has 1 nitrogen and oxygen atoms in total. The Labute approximate surface area is 138 Å². The number of halogens is 1. The van der Waals surface area contributed by atoms with Crippen LogP contribution >= 0.6 is 0 Å². The first kappa shape index (κ1) is 15.9. The van der Waals surface area contributed by atoms with Crippen LogP contribution in [0.15, 0.2) is 48.2 Å². The van der Waals surface area contributed by atoms with Crippen LogP contribution in [0.3, 0.4) is 0 Å². The van der Waals surface area contributed by atoms with E-state index in [9.17, 15) is 4.39 Å². The maximum Gasteiger partial charge on any atom is 0.121 e. The molecular formula is C16H13FNY-. The van der Waals surface area contributed by atoms with E-state index in [-0.39, 0.29) is 38.5 Å². The third-order valence-corrected chi connectivity index (χ3v) is 2.85. The first-order valence-corrected chi connectivity index (χ1v) is 5.70. The van der Waals surface area contributed by atoms with Gasteiger partial charge in [0, 0.05) is 39.3 Å². The third-order valence-electron chi connectivity index (χ3n) is 2.85. The van der Waals surface area contributed by atoms with Gasteiger partial charge in [-0.3, -0.25) is 0 Å². The largest absolute Gasteiger partial charge is 0.375 e. The van der Waals surface area contributed by atoms with Crippen LogP contribution in [-0.2, 0) is 32.7 Å². The van der Waals surface area contributed by atoms with Gasteiger partial charge in [0.15, 0.2) is 0 Å². The molecule has 0 N–H and O–H groups in total. The molecule has 0 spiro atoms. The molecule has 3 heteroatoms. The van der Waals surface area contributed by atoms with Crippen molar-refractivity contribution in [2.24, 2.45) is 0 Å². The van der Waals surface area contributed by atoms with E-state index < -0.39 is 0 Å². The summed E-state index contributed by atoms with van der Waals surface area (Å²) in [4.78, 5) is 1.97. The zero-order valence-electron chi connectivity index (χ0n) is 10.8. The summed E-state index contributed by atoms with van der Waals surface area (Å²) >= 11 is 0. The summed E-state index contributed by atoms with van der Waals surface area (Å²) in [6.07, 6.45) is 10.3. The Hall–Kier alpha value is -1.17. The summed E-state index contributed by atoms with van der Waals surface area (Å²) in [6, 6.07) is 6.31. The van der Waals surface area contributed by atoms with Gasteiger partial charge in [0.2, 0.25) is 0 Å². The van der Waals surface area contributed by atoms with E-state index in [1.54, 1.807) is 18.2 Å². The summed E-state index contributed by atoms with van der Waals surface area (Å²) in [5.41, 5.74) is 3.26. The number of hydrogen-bond donors (Lipinski definition) is 0. The summed E-state index contributed by atoms with van der Waals surface area (Å²) in [7, 11) is 0. The van der Waals surface area contributed by atoms with E-state index in [1.807, 2.05) is 11.8 Å². The molecule has 0 fully saturated rings. The Kier molecular flexibility index (Phi) is 5.72. The fourth-order valence-electron chi connectivity index (χ4n) is 1.90. The van der Waals surface area contributed by atoms with Gasteiger partial charge in [-0.15, -0.1) is 24.5 Å². The van der Waals surface area contributed by atoms with Crippen LogP contribution in [-0.4, -0.2) is 11.4 Å². The van der Waals surface area contributed by atoms with Crippen LogP contribution in [0.2, 0.25) is 0 Å². The average molecular weight is 327 g/mol. The number of rotatable bonds is 2. The second-order valence-electron chi connectivity index (χ2n) is 3.89. The van der Waals surface area contributed by atoms with Crippen molar-refractivity contribution in [2.75, 3.05) is 6.54 Å². The molecule has 1 heterocycles. The SMILES string of the molecule is C#CC1=C[C-]=C(c2ccc(F)cc2)N(CC)C1=C.[Y]. The Morgan fingerprint density at radius 3 is 2.53 bits per heavy atom. The molecule has 1 aliphatic rings. The predicted molar refractivity (Wildman–Crippen MR) is 71.5 cm³/mol. The van der Waals surface area contributed by atoms with Gasteiger partial charge >= 0.3 is 0 Å². The van der Waals surface area contributed by atoms with Crippen LogP contribution in [0, 0.1) is 24.2 Å². The van der Waals surface area contributed by atoms with Gasteiger partial charge in [-0.25, -0.2) is 4.39 Å². The summed E-state index contributed by atoms with van der Waals surface area (Å²) < 4.78 is 12.9. The summed E-state index contributed by atoms with van der Waals surface area (Å²) in [5.74, 6) is 2.33. The van der Waals surface area contributed by atoms with Crippen molar-refractivity contribution in [2.45, 2.75) is 6.92 Å². The van der Waals surface area contributed by atoms with E-state index in [0.717, 1.165) is 29.1 Å². The fourth-order valence-corrected chi connectivity index (χ4v) is 1.90. The van der Waals surface area contributed by atoms with Crippen LogP contribution in [0.1, 0.15) is 12.5 Å². The molecule has 1 aliphatic heterocycles. The average Bonchev–Trinajstić information content (AvgIpc) is 2.39. The summed E-state index contributed by atoms with van der Waals surface area (Å²) in [5, 5.41) is 0. The van der Waals surface area contributed by atoms with Gasteiger partial charge in [-0.05, 0) is 24.8 Å². The molecule has 0 saturated carbocycles. The van der Waals surface area contributed by atoms with E-state index >= 15 is 0 Å². The van der Waals surface area contributed by atoms with Crippen LogP contribution in [0.25, 0.3) is 5.70 Å². The predicted octanol–water partition coefficient (Wildman–Crippen LogP) is 3.38. The molecule has 19 heavy (non-hydrogen) atoms. The molecule has 0 saturated heterocycles. The molecule has 0 aliphatic carbocycles. The Morgan fingerprint density at radius 2 is 2.00 bits per heavy atom. The molecule has 1 aromatic carbocycles. The first-order chi connectivity index (χ1) is 8.67. The second kappa shape index (κ2) is 6.84. The maximum absolute atomic E-state index is 12.9. The molecule has 0 amide bonds. The summed E-state index contributed by atoms with van der Waals surface area (Å²) in [6.45, 7) is 6.74. The van der Waals surface area contributed by atoms with Gasteiger partial charge in [-0.1, -0.05) is 23.4 Å². The molecular weight excluding hydrogens is 314 g/mol. The fraction of sp³-hybridized carbons (Fsp3) is 0.125. The van der Waals surface area contributed by atoms with Gasteiger partial charge in [0.25, 0.3) is 0 Å². The zero-order valence-corrected chi connectivity index (χ0v) is 13.6. The first-order valence-electron chi connectivity index (χ1n) is 5.70. The third kappa shape index (κ3) is 3.24. The Bertz CT molecular complexity index is 576. The van der Waals surface area contributed by atoms with Crippen molar-refractivity contribution in [3.8, 4) is 12.3 Å². The van der Waals surface area contributed by atoms with E-state index in [4.69, 9.17) is 6.42 Å². The smallest absolute Gasteiger partial charge is 0.121 e. The van der Waals surface area contributed by atoms with Crippen LogP contribution in [0.5, 0.6) is 0 Å². The van der Waals surface area contributed by atoms with E-state index in [1.165, 1.54) is 12.1 Å². The molecule has 0 bridgehead atoms. The van der Waals surface area contributed by atoms with Crippen molar-refractivity contribution in [1.82, 2.24) is 4.90 Å². The quantitative estimate of drug-likeness (QED) is 0.595. The Morgan fingerprint density at radius 1 is 1.37 bits per heavy atom. The monoisotopic (exact) mass is 327 g/mol. The number of nitrogens with zero attached hydrogens (tertiary/aromatic N) is 1. The number of likely N-dealkylation sites (N-methyl/N-ethyl adjacent to an activating group) is 1. The number of terminal acetylenes is 1. The molecule has 0 atom stereocenters. The molecule has 1 aromatic rings. The minimum Gasteiger partial charge on any atom is -0.375 e. The van der Waals surface area contributed by atoms with Gasteiger partial charge in [0.1, 0.15) is 5.82 Å². The van der Waals surface area contributed by atoms with Gasteiger partial charge < -0.3 is 4.90 Å². The number of hydrogen-bond acceptors (Lipinski definition) is 1. The normalized spacial score (nSPS) is 14.2. The molecule has 1 radical (unpaired) electrons. The van der Waals surface area contributed by atoms with Crippen molar-refractivity contribution in [3.05, 3.63) is 65.6 Å². The molecule has 2 rings (SSSR count). The molecule has 0 aromatic heterocycles. The van der Waals surface area contributed by atoms with Crippen molar-refractivity contribution in [1.29, 1.82) is 0 Å². The van der Waals surface area contributed by atoms with Crippen LogP contribution in [0.4, 0.5) is 4.39 Å². The van der Waals surface area contributed by atoms with Gasteiger partial charge in [-0.2, -0.15) is 12.2 Å².